The fraction of sp³-hybridized carbons (Fsp3) is 0.611. The predicted octanol–water partition coefficient (Wildman–Crippen LogP) is 4.43. The number of aryl methyl sites for hydroxylation is 1. The van der Waals surface area contributed by atoms with Crippen molar-refractivity contribution in [2.24, 2.45) is 4.40 Å². The fourth-order valence-corrected chi connectivity index (χ4v) is 2.42. The summed E-state index contributed by atoms with van der Waals surface area (Å²) >= 11 is -1.22. The molecule has 1 aromatic carbocycles. The van der Waals surface area contributed by atoms with Crippen LogP contribution >= 0.6 is 0 Å². The van der Waals surface area contributed by atoms with Crippen molar-refractivity contribution in [3.63, 3.8) is 0 Å². The van der Waals surface area contributed by atoms with Crippen LogP contribution in [0.5, 0.6) is 11.5 Å². The lowest BCUT2D eigenvalue weighted by Crippen LogP contribution is -2.26. The van der Waals surface area contributed by atoms with Crippen molar-refractivity contribution in [3.05, 3.63) is 23.8 Å². The smallest absolute Gasteiger partial charge is 0.161 e. The lowest BCUT2D eigenvalue weighted by molar-refractivity contribution is 0.126. The van der Waals surface area contributed by atoms with E-state index in [1.807, 2.05) is 60.6 Å². The average Bonchev–Trinajstić information content (AvgIpc) is 2.37. The normalized spacial score (nSPS) is 14.7. The van der Waals surface area contributed by atoms with E-state index in [0.717, 1.165) is 24.1 Å². The number of phenolic OH excluding ortho intramolecular Hbond substituents is 1. The zero-order valence-corrected chi connectivity index (χ0v) is 16.1. The molecule has 1 unspecified atom stereocenters. The monoisotopic (exact) mass is 339 g/mol. The fourth-order valence-electron chi connectivity index (χ4n) is 1.78. The van der Waals surface area contributed by atoms with E-state index in [2.05, 4.69) is 4.40 Å². The Bertz CT molecular complexity index is 556. The second-order valence-electron chi connectivity index (χ2n) is 7.70. The molecule has 130 valence electrons. The van der Waals surface area contributed by atoms with Gasteiger partial charge in [0.15, 0.2) is 11.5 Å². The molecule has 0 aromatic heterocycles. The zero-order valence-electron chi connectivity index (χ0n) is 15.3. The van der Waals surface area contributed by atoms with E-state index >= 15 is 0 Å². The van der Waals surface area contributed by atoms with Crippen molar-refractivity contribution in [1.29, 1.82) is 0 Å². The average molecular weight is 340 g/mol. The molecular weight excluding hydrogens is 310 g/mol. The molecule has 1 rings (SSSR count). The number of aromatic hydroxyl groups is 1. The van der Waals surface area contributed by atoms with Crippen LogP contribution in [0.2, 0.25) is 0 Å². The molecule has 0 heterocycles. The van der Waals surface area contributed by atoms with Crippen LogP contribution in [0.1, 0.15) is 60.5 Å². The third-order valence-electron chi connectivity index (χ3n) is 2.98. The highest BCUT2D eigenvalue weighted by Crippen LogP contribution is 2.30. The number of hydrogen-bond acceptors (Lipinski definition) is 4. The highest BCUT2D eigenvalue weighted by atomic mass is 32.2. The van der Waals surface area contributed by atoms with Gasteiger partial charge in [0.05, 0.1) is 5.71 Å². The molecule has 1 N–H and O–H groups in total. The number of ether oxygens (including phenoxy) is 1. The summed E-state index contributed by atoms with van der Waals surface area (Å²) in [5.41, 5.74) is 1.56. The molecule has 0 saturated carbocycles. The van der Waals surface area contributed by atoms with Gasteiger partial charge in [-0.25, -0.2) is 0 Å². The maximum absolute atomic E-state index is 12.0. The first-order valence-electron chi connectivity index (χ1n) is 7.85. The van der Waals surface area contributed by atoms with Crippen molar-refractivity contribution < 1.29 is 14.4 Å². The van der Waals surface area contributed by atoms with Crippen molar-refractivity contribution in [2.75, 3.05) is 0 Å². The molecule has 0 radical (unpaired) electrons. The van der Waals surface area contributed by atoms with E-state index in [1.165, 1.54) is 0 Å². The zero-order chi connectivity index (χ0) is 17.8. The van der Waals surface area contributed by atoms with Gasteiger partial charge in [0.2, 0.25) is 0 Å². The van der Waals surface area contributed by atoms with E-state index in [0.29, 0.717) is 5.75 Å². The van der Waals surface area contributed by atoms with E-state index < -0.39 is 11.4 Å². The van der Waals surface area contributed by atoms with Crippen LogP contribution in [0.3, 0.4) is 0 Å². The second kappa shape index (κ2) is 7.58. The van der Waals surface area contributed by atoms with Crippen molar-refractivity contribution in [1.82, 2.24) is 0 Å². The number of hydrogen-bond donors (Lipinski definition) is 1. The van der Waals surface area contributed by atoms with E-state index in [1.54, 1.807) is 6.07 Å². The first kappa shape index (κ1) is 19.8. The highest BCUT2D eigenvalue weighted by Gasteiger charge is 2.26. The van der Waals surface area contributed by atoms with Crippen LogP contribution in [0.25, 0.3) is 0 Å². The minimum absolute atomic E-state index is 0.142. The largest absolute Gasteiger partial charge is 0.591 e. The number of rotatable bonds is 5. The Hall–Kier alpha value is -1.20. The molecule has 1 atom stereocenters. The molecule has 5 heteroatoms. The molecule has 0 aliphatic carbocycles. The Morgan fingerprint density at radius 1 is 1.22 bits per heavy atom. The van der Waals surface area contributed by atoms with Gasteiger partial charge in [0.1, 0.15) is 21.7 Å². The summed E-state index contributed by atoms with van der Waals surface area (Å²) in [5.74, 6) is 0.630. The van der Waals surface area contributed by atoms with Gasteiger partial charge in [-0.15, -0.1) is 0 Å². The molecule has 1 aromatic rings. The Morgan fingerprint density at radius 2 is 1.83 bits per heavy atom. The van der Waals surface area contributed by atoms with E-state index in [-0.39, 0.29) is 16.1 Å². The summed E-state index contributed by atoms with van der Waals surface area (Å²) < 4.78 is 21.7. The van der Waals surface area contributed by atoms with Crippen molar-refractivity contribution in [3.8, 4) is 11.5 Å². The number of phenols is 1. The Balaban J connectivity index is 2.75. The van der Waals surface area contributed by atoms with Gasteiger partial charge in [-0.05, 0) is 79.0 Å². The lowest BCUT2D eigenvalue weighted by Gasteiger charge is -2.22. The quantitative estimate of drug-likeness (QED) is 0.637. The van der Waals surface area contributed by atoms with Crippen LogP contribution in [-0.2, 0) is 17.8 Å². The predicted molar refractivity (Wildman–Crippen MR) is 97.8 cm³/mol. The molecule has 0 saturated heterocycles. The lowest BCUT2D eigenvalue weighted by atomic mass is 10.1. The maximum Gasteiger partial charge on any atom is 0.161 e. The van der Waals surface area contributed by atoms with Crippen LogP contribution in [0.4, 0.5) is 0 Å². The van der Waals surface area contributed by atoms with E-state index in [9.17, 15) is 9.66 Å². The van der Waals surface area contributed by atoms with Gasteiger partial charge >= 0.3 is 0 Å². The minimum atomic E-state index is -1.22. The van der Waals surface area contributed by atoms with Crippen LogP contribution in [-0.4, -0.2) is 25.7 Å². The van der Waals surface area contributed by atoms with Gasteiger partial charge < -0.3 is 14.4 Å². The molecule has 23 heavy (non-hydrogen) atoms. The molecule has 0 bridgehead atoms. The van der Waals surface area contributed by atoms with Crippen LogP contribution < -0.4 is 4.74 Å². The van der Waals surface area contributed by atoms with Gasteiger partial charge in [-0.2, -0.15) is 0 Å². The number of nitrogens with zero attached hydrogens (tertiary/aromatic N) is 1. The minimum Gasteiger partial charge on any atom is -0.591 e. The first-order chi connectivity index (χ1) is 10.4. The summed E-state index contributed by atoms with van der Waals surface area (Å²) in [6, 6.07) is 5.38. The Kier molecular flexibility index (Phi) is 6.54. The highest BCUT2D eigenvalue weighted by molar-refractivity contribution is 7.91. The Morgan fingerprint density at radius 3 is 2.35 bits per heavy atom. The topological polar surface area (TPSA) is 64.9 Å². The molecule has 0 aliphatic heterocycles. The molecule has 0 spiro atoms. The molecular formula is C18H29NO3S. The molecule has 0 aliphatic rings. The third kappa shape index (κ3) is 7.27. The molecule has 0 fully saturated rings. The summed E-state index contributed by atoms with van der Waals surface area (Å²) in [6.07, 6.45) is 1.49. The molecule has 0 amide bonds. The Labute approximate surface area is 143 Å². The summed E-state index contributed by atoms with van der Waals surface area (Å²) in [4.78, 5) is 0. The van der Waals surface area contributed by atoms with Gasteiger partial charge in [0, 0.05) is 0 Å². The second-order valence-corrected chi connectivity index (χ2v) is 9.61. The van der Waals surface area contributed by atoms with Crippen molar-refractivity contribution in [2.45, 2.75) is 71.7 Å². The first-order valence-corrected chi connectivity index (χ1v) is 8.96. The standard InChI is InChI=1S/C18H29NO3S/c1-13(19-23(21)18(5,6)7)8-9-14-10-11-15(20)16(12-14)22-17(2,3)4/h10-12,20H,8-9H2,1-7H3. The number of benzene rings is 1. The summed E-state index contributed by atoms with van der Waals surface area (Å²) in [7, 11) is 0. The summed E-state index contributed by atoms with van der Waals surface area (Å²) in [5, 5.41) is 9.90. The maximum atomic E-state index is 12.0. The SMILES string of the molecule is CC(CCc1ccc(O)c(OC(C)(C)C)c1)=N[S+]([O-])C(C)(C)C. The van der Waals surface area contributed by atoms with Crippen LogP contribution in [0.15, 0.2) is 22.6 Å². The third-order valence-corrected chi connectivity index (χ3v) is 4.50. The van der Waals surface area contributed by atoms with Gasteiger partial charge in [0.25, 0.3) is 0 Å². The van der Waals surface area contributed by atoms with Crippen LogP contribution in [0, 0.1) is 0 Å². The van der Waals surface area contributed by atoms with E-state index in [4.69, 9.17) is 4.74 Å². The van der Waals surface area contributed by atoms with Gasteiger partial charge in [-0.3, -0.25) is 0 Å². The van der Waals surface area contributed by atoms with Gasteiger partial charge in [-0.1, -0.05) is 10.5 Å². The van der Waals surface area contributed by atoms with Crippen molar-refractivity contribution >= 4 is 17.1 Å². The summed E-state index contributed by atoms with van der Waals surface area (Å²) in [6.45, 7) is 13.5. The molecule has 4 nitrogen and oxygen atoms in total.